The third kappa shape index (κ3) is 17.7. The highest BCUT2D eigenvalue weighted by atomic mass is 19.1. The number of nitrogens with one attached hydrogen (secondary N) is 1. The van der Waals surface area contributed by atoms with Gasteiger partial charge in [-0.1, -0.05) is 100 Å². The SMILES string of the molecule is CCC(=O)c1ccc(C[C@@H](CN)N(C)C)cc1F.CCC(=O)c1ccc(C[C@@H](CNC(=O)C[C@H](C)c2ccccc2)N(C)C)cc1F.C[C@@H](CC(=O)O)c1ccccc1. The highest BCUT2D eigenvalue weighted by molar-refractivity contribution is 5.96. The number of nitrogens with zero attached hydrogens (tertiary/aromatic N) is 2. The molecule has 9 nitrogen and oxygen atoms in total. The third-order valence-corrected chi connectivity index (χ3v) is 10.2. The van der Waals surface area contributed by atoms with E-state index in [2.05, 4.69) is 5.32 Å². The van der Waals surface area contributed by atoms with Gasteiger partial charge in [-0.15, -0.1) is 0 Å². The predicted molar refractivity (Wildman–Crippen MR) is 233 cm³/mol. The molecule has 0 spiro atoms. The van der Waals surface area contributed by atoms with Gasteiger partial charge in [0.15, 0.2) is 11.6 Å². The fourth-order valence-corrected chi connectivity index (χ4v) is 6.31. The number of ketones is 2. The van der Waals surface area contributed by atoms with Crippen LogP contribution in [0, 0.1) is 11.6 Å². The van der Waals surface area contributed by atoms with Crippen molar-refractivity contribution in [3.8, 4) is 0 Å². The molecule has 11 heteroatoms. The molecule has 0 aliphatic rings. The molecule has 0 aromatic heterocycles. The molecule has 0 radical (unpaired) electrons. The largest absolute Gasteiger partial charge is 0.481 e. The number of nitrogens with two attached hydrogens (primary N) is 1. The van der Waals surface area contributed by atoms with Crippen LogP contribution in [0.4, 0.5) is 8.78 Å². The Morgan fingerprint density at radius 3 is 1.41 bits per heavy atom. The van der Waals surface area contributed by atoms with Crippen molar-refractivity contribution in [1.82, 2.24) is 15.1 Å². The Bertz CT molecular complexity index is 1910. The standard InChI is InChI=1S/C24H31FN2O2.C14H21FN2O.C10H12O2/c1-5-23(28)21-12-11-18(15-22(21)25)14-20(27(3)4)16-26-24(29)13-17(2)19-9-7-6-8-10-19;1-4-14(18)12-6-5-10(8-13(12)15)7-11(9-16)17(2)3;1-8(7-10(11)12)9-5-3-2-4-6-9/h6-12,15,17,20H,5,13-14,16H2,1-4H3,(H,26,29);5-6,8,11H,4,7,9,16H2,1-3H3;2-6,8H,7H2,1H3,(H,11,12)/t17-,20-;11-;8-/m000/s1. The monoisotopic (exact) mass is 814 g/mol. The summed E-state index contributed by atoms with van der Waals surface area (Å²) in [5, 5.41) is 11.6. The second-order valence-corrected chi connectivity index (χ2v) is 15.3. The molecule has 320 valence electrons. The normalized spacial score (nSPS) is 12.9. The maximum atomic E-state index is 14.3. The van der Waals surface area contributed by atoms with Crippen molar-refractivity contribution in [2.24, 2.45) is 5.73 Å². The zero-order valence-corrected chi connectivity index (χ0v) is 36.0. The molecule has 4 aromatic rings. The van der Waals surface area contributed by atoms with Gasteiger partial charge in [0.2, 0.25) is 5.91 Å². The highest BCUT2D eigenvalue weighted by Gasteiger charge is 2.18. The van der Waals surface area contributed by atoms with Crippen molar-refractivity contribution in [3.63, 3.8) is 0 Å². The summed E-state index contributed by atoms with van der Waals surface area (Å²) < 4.78 is 28.0. The second-order valence-electron chi connectivity index (χ2n) is 15.3. The first-order chi connectivity index (χ1) is 28.0. The van der Waals surface area contributed by atoms with Crippen molar-refractivity contribution in [2.45, 2.75) is 90.1 Å². The summed E-state index contributed by atoms with van der Waals surface area (Å²) >= 11 is 0. The highest BCUT2D eigenvalue weighted by Crippen LogP contribution is 2.20. The van der Waals surface area contributed by atoms with E-state index in [1.807, 2.05) is 113 Å². The maximum absolute atomic E-state index is 14.3. The van der Waals surface area contributed by atoms with E-state index in [9.17, 15) is 28.0 Å². The molecular formula is C48H64F2N4O5. The van der Waals surface area contributed by atoms with Crippen LogP contribution in [0.3, 0.4) is 0 Å². The summed E-state index contributed by atoms with van der Waals surface area (Å²) in [6.45, 7) is 8.41. The summed E-state index contributed by atoms with van der Waals surface area (Å²) in [6.07, 6.45) is 2.49. The lowest BCUT2D eigenvalue weighted by Gasteiger charge is -2.25. The van der Waals surface area contributed by atoms with Crippen LogP contribution < -0.4 is 11.1 Å². The summed E-state index contributed by atoms with van der Waals surface area (Å²) in [5.41, 5.74) is 9.88. The van der Waals surface area contributed by atoms with Crippen LogP contribution in [0.5, 0.6) is 0 Å². The molecule has 4 rings (SSSR count). The predicted octanol–water partition coefficient (Wildman–Crippen LogP) is 8.32. The molecule has 0 heterocycles. The van der Waals surface area contributed by atoms with Gasteiger partial charge in [-0.2, -0.15) is 0 Å². The van der Waals surface area contributed by atoms with E-state index >= 15 is 0 Å². The van der Waals surface area contributed by atoms with Crippen molar-refractivity contribution in [3.05, 3.63) is 142 Å². The number of Topliss-reactive ketones (excluding diaryl/α,β-unsaturated/α-hetero) is 2. The molecule has 0 saturated heterocycles. The smallest absolute Gasteiger partial charge is 0.303 e. The minimum Gasteiger partial charge on any atom is -0.481 e. The Hall–Kier alpha value is -5.10. The maximum Gasteiger partial charge on any atom is 0.303 e. The van der Waals surface area contributed by atoms with Gasteiger partial charge in [-0.3, -0.25) is 19.2 Å². The summed E-state index contributed by atoms with van der Waals surface area (Å²) in [5.74, 6) is -1.77. The van der Waals surface area contributed by atoms with Crippen LogP contribution >= 0.6 is 0 Å². The molecule has 4 atom stereocenters. The van der Waals surface area contributed by atoms with Crippen LogP contribution in [-0.2, 0) is 22.4 Å². The Morgan fingerprint density at radius 2 is 1.05 bits per heavy atom. The van der Waals surface area contributed by atoms with Crippen LogP contribution in [0.2, 0.25) is 0 Å². The third-order valence-electron chi connectivity index (χ3n) is 10.2. The van der Waals surface area contributed by atoms with Crippen molar-refractivity contribution in [2.75, 3.05) is 41.3 Å². The number of hydrogen-bond acceptors (Lipinski definition) is 7. The van der Waals surface area contributed by atoms with E-state index in [4.69, 9.17) is 10.8 Å². The lowest BCUT2D eigenvalue weighted by molar-refractivity contribution is -0.137. The average Bonchev–Trinajstić information content (AvgIpc) is 3.21. The lowest BCUT2D eigenvalue weighted by atomic mass is 9.97. The second kappa shape index (κ2) is 26.1. The summed E-state index contributed by atoms with van der Waals surface area (Å²) in [6, 6.07) is 29.5. The van der Waals surface area contributed by atoms with E-state index in [0.29, 0.717) is 38.8 Å². The van der Waals surface area contributed by atoms with E-state index in [1.165, 1.54) is 12.1 Å². The van der Waals surface area contributed by atoms with E-state index in [0.717, 1.165) is 22.3 Å². The Balaban J connectivity index is 0.000000339. The zero-order chi connectivity index (χ0) is 44.1. The van der Waals surface area contributed by atoms with Crippen LogP contribution in [0.25, 0.3) is 0 Å². The van der Waals surface area contributed by atoms with Crippen LogP contribution in [-0.4, -0.2) is 91.7 Å². The van der Waals surface area contributed by atoms with Crippen molar-refractivity contribution in [1.29, 1.82) is 0 Å². The molecule has 0 unspecified atom stereocenters. The number of carbonyl (C=O) groups is 4. The summed E-state index contributed by atoms with van der Waals surface area (Å²) in [4.78, 5) is 50.0. The fourth-order valence-electron chi connectivity index (χ4n) is 6.31. The molecule has 0 aliphatic heterocycles. The first-order valence-electron chi connectivity index (χ1n) is 20.2. The number of carboxylic acids is 1. The minimum atomic E-state index is -0.744. The van der Waals surface area contributed by atoms with E-state index < -0.39 is 17.6 Å². The molecule has 0 fully saturated rings. The lowest BCUT2D eigenvalue weighted by Crippen LogP contribution is -2.41. The number of benzene rings is 4. The zero-order valence-electron chi connectivity index (χ0n) is 36.0. The summed E-state index contributed by atoms with van der Waals surface area (Å²) in [7, 11) is 7.77. The number of amides is 1. The van der Waals surface area contributed by atoms with Crippen molar-refractivity contribution < 1.29 is 33.1 Å². The molecule has 0 saturated carbocycles. The Morgan fingerprint density at radius 1 is 0.644 bits per heavy atom. The number of carboxylic acid groups (broad SMARTS) is 1. The molecule has 0 bridgehead atoms. The molecular weight excluding hydrogens is 751 g/mol. The van der Waals surface area contributed by atoms with E-state index in [1.54, 1.807) is 38.1 Å². The number of aliphatic carboxylic acids is 1. The van der Waals surface area contributed by atoms with Gasteiger partial charge in [0, 0.05) is 44.4 Å². The quantitative estimate of drug-likeness (QED) is 0.0806. The van der Waals surface area contributed by atoms with Crippen molar-refractivity contribution >= 4 is 23.4 Å². The molecule has 4 N–H and O–H groups in total. The van der Waals surface area contributed by atoms with Gasteiger partial charge >= 0.3 is 5.97 Å². The molecule has 1 amide bonds. The minimum absolute atomic E-state index is 0.00303. The van der Waals surface area contributed by atoms with Gasteiger partial charge in [-0.25, -0.2) is 8.78 Å². The molecule has 4 aromatic carbocycles. The van der Waals surface area contributed by atoms with Crippen LogP contribution in [0.1, 0.15) is 108 Å². The van der Waals surface area contributed by atoms with Gasteiger partial charge in [0.05, 0.1) is 17.5 Å². The number of rotatable bonds is 19. The van der Waals surface area contributed by atoms with Gasteiger partial charge in [0.1, 0.15) is 11.6 Å². The van der Waals surface area contributed by atoms with Gasteiger partial charge in [-0.05, 0) is 99.4 Å². The fraction of sp³-hybridized carbons (Fsp3) is 0.417. The number of hydrogen-bond donors (Lipinski definition) is 3. The topological polar surface area (TPSA) is 133 Å². The average molecular weight is 815 g/mol. The number of halogens is 2. The first kappa shape index (κ1) is 50.0. The molecule has 0 aliphatic carbocycles. The van der Waals surface area contributed by atoms with Gasteiger partial charge < -0.3 is 26.0 Å². The number of carbonyl (C=O) groups excluding carboxylic acids is 3. The van der Waals surface area contributed by atoms with E-state index in [-0.39, 0.29) is 65.4 Å². The molecule has 59 heavy (non-hydrogen) atoms. The Kier molecular flexibility index (Phi) is 22.1. The number of likely N-dealkylation sites (N-methyl/N-ethyl adjacent to an activating group) is 2. The first-order valence-corrected chi connectivity index (χ1v) is 20.2. The van der Waals surface area contributed by atoms with Crippen LogP contribution in [0.15, 0.2) is 97.1 Å². The Labute approximate surface area is 350 Å². The van der Waals surface area contributed by atoms with Gasteiger partial charge in [0.25, 0.3) is 0 Å².